The van der Waals surface area contributed by atoms with E-state index in [0.29, 0.717) is 10.9 Å². The third-order valence-electron chi connectivity index (χ3n) is 3.93. The molecule has 11 heteroatoms. The first kappa shape index (κ1) is 22.7. The number of ether oxygens (including phenoxy) is 2. The van der Waals surface area contributed by atoms with Crippen molar-refractivity contribution in [2.75, 3.05) is 18.2 Å². The number of pyridine rings is 1. The van der Waals surface area contributed by atoms with E-state index in [2.05, 4.69) is 15.3 Å². The van der Waals surface area contributed by atoms with Gasteiger partial charge >= 0.3 is 0 Å². The average Bonchev–Trinajstić information content (AvgIpc) is 3.12. The lowest BCUT2D eigenvalue weighted by molar-refractivity contribution is 0.102. The molecular weight excluding hydrogens is 442 g/mol. The number of nitrogens with zero attached hydrogens (tertiary/aromatic N) is 2. The van der Waals surface area contributed by atoms with Crippen molar-refractivity contribution >= 4 is 32.2 Å². The summed E-state index contributed by atoms with van der Waals surface area (Å²) in [5.74, 6) is 0.0483. The number of carbonyl (C=O) groups is 1. The molecule has 2 N–H and O–H groups in total. The maximum Gasteiger partial charge on any atom is 0.257 e. The third kappa shape index (κ3) is 6.23. The first-order valence-electron chi connectivity index (χ1n) is 9.15. The minimum absolute atomic E-state index is 0.0650. The number of sulfone groups is 1. The standard InChI is InChI=1S/C20H21N3O6S2/c1-12-11-30-20(21-12)23-19(25)14-8-17(28-13(2)10-24)22-18(9-14)29-15-4-6-16(7-5-15)31(3,26)27/h4-9,11,13,24H,10H2,1-3H3,(H,21,23,25)/t13-/m1/s1. The fourth-order valence-corrected chi connectivity index (χ4v) is 3.74. The molecule has 0 saturated heterocycles. The van der Waals surface area contributed by atoms with Gasteiger partial charge in [-0.05, 0) is 38.1 Å². The van der Waals surface area contributed by atoms with Crippen LogP contribution >= 0.6 is 11.3 Å². The van der Waals surface area contributed by atoms with Crippen LogP contribution in [0.25, 0.3) is 0 Å². The molecule has 0 saturated carbocycles. The van der Waals surface area contributed by atoms with Gasteiger partial charge in [0.05, 0.1) is 22.8 Å². The van der Waals surface area contributed by atoms with E-state index in [0.717, 1.165) is 11.9 Å². The van der Waals surface area contributed by atoms with Crippen LogP contribution in [0.1, 0.15) is 23.0 Å². The number of anilines is 1. The number of aliphatic hydroxyl groups excluding tert-OH is 1. The first-order chi connectivity index (χ1) is 14.6. The number of hydrogen-bond acceptors (Lipinski definition) is 9. The third-order valence-corrected chi connectivity index (χ3v) is 5.94. The van der Waals surface area contributed by atoms with Crippen LogP contribution in [0.2, 0.25) is 0 Å². The van der Waals surface area contributed by atoms with Crippen LogP contribution in [0.3, 0.4) is 0 Å². The molecule has 0 aliphatic carbocycles. The fourth-order valence-electron chi connectivity index (χ4n) is 2.42. The maximum atomic E-state index is 12.7. The molecule has 3 aromatic rings. The van der Waals surface area contributed by atoms with Crippen LogP contribution in [0.5, 0.6) is 17.5 Å². The minimum Gasteiger partial charge on any atom is -0.472 e. The molecule has 9 nitrogen and oxygen atoms in total. The number of aromatic nitrogens is 2. The maximum absolute atomic E-state index is 12.7. The summed E-state index contributed by atoms with van der Waals surface area (Å²) in [6.45, 7) is 3.23. The Morgan fingerprint density at radius 1 is 1.19 bits per heavy atom. The van der Waals surface area contributed by atoms with Gasteiger partial charge in [0.1, 0.15) is 11.9 Å². The van der Waals surface area contributed by atoms with Gasteiger partial charge in [-0.1, -0.05) is 0 Å². The molecule has 0 aliphatic rings. The van der Waals surface area contributed by atoms with Crippen molar-refractivity contribution in [2.24, 2.45) is 0 Å². The molecule has 3 rings (SSSR count). The minimum atomic E-state index is -3.33. The summed E-state index contributed by atoms with van der Waals surface area (Å²) in [4.78, 5) is 21.3. The van der Waals surface area contributed by atoms with Gasteiger partial charge in [-0.15, -0.1) is 11.3 Å². The number of carbonyl (C=O) groups excluding carboxylic acids is 1. The number of benzene rings is 1. The predicted molar refractivity (Wildman–Crippen MR) is 116 cm³/mol. The Bertz CT molecular complexity index is 1180. The summed E-state index contributed by atoms with van der Waals surface area (Å²) < 4.78 is 34.5. The summed E-state index contributed by atoms with van der Waals surface area (Å²) in [7, 11) is -3.33. The molecule has 0 fully saturated rings. The normalized spacial score (nSPS) is 12.3. The highest BCUT2D eigenvalue weighted by molar-refractivity contribution is 7.90. The molecule has 31 heavy (non-hydrogen) atoms. The van der Waals surface area contributed by atoms with Gasteiger partial charge in [-0.2, -0.15) is 4.98 Å². The number of amides is 1. The summed E-state index contributed by atoms with van der Waals surface area (Å²) >= 11 is 1.30. The van der Waals surface area contributed by atoms with Gasteiger partial charge in [0.15, 0.2) is 15.0 Å². The molecule has 0 bridgehead atoms. The average molecular weight is 464 g/mol. The predicted octanol–water partition coefficient (Wildman–Crippen LogP) is 3.05. The van der Waals surface area contributed by atoms with E-state index < -0.39 is 21.8 Å². The number of rotatable bonds is 8. The zero-order valence-electron chi connectivity index (χ0n) is 17.0. The molecule has 1 aromatic carbocycles. The zero-order valence-corrected chi connectivity index (χ0v) is 18.7. The molecule has 0 aliphatic heterocycles. The van der Waals surface area contributed by atoms with Crippen molar-refractivity contribution in [3.05, 3.63) is 53.0 Å². The van der Waals surface area contributed by atoms with E-state index in [1.165, 1.54) is 47.7 Å². The number of hydrogen-bond donors (Lipinski definition) is 2. The molecule has 2 heterocycles. The Kier molecular flexibility index (Phi) is 6.88. The molecule has 0 radical (unpaired) electrons. The Hall–Kier alpha value is -3.02. The Morgan fingerprint density at radius 2 is 1.87 bits per heavy atom. The summed E-state index contributed by atoms with van der Waals surface area (Å²) in [5.41, 5.74) is 1.00. The van der Waals surface area contributed by atoms with E-state index in [1.807, 2.05) is 12.3 Å². The highest BCUT2D eigenvalue weighted by Crippen LogP contribution is 2.26. The van der Waals surface area contributed by atoms with Crippen LogP contribution in [0.4, 0.5) is 5.13 Å². The number of nitrogens with one attached hydrogen (secondary N) is 1. The highest BCUT2D eigenvalue weighted by atomic mass is 32.2. The second kappa shape index (κ2) is 9.41. The molecule has 0 unspecified atom stereocenters. The fraction of sp³-hybridized carbons (Fsp3) is 0.250. The van der Waals surface area contributed by atoms with Crippen LogP contribution < -0.4 is 14.8 Å². The lowest BCUT2D eigenvalue weighted by Crippen LogP contribution is -2.18. The van der Waals surface area contributed by atoms with Crippen molar-refractivity contribution in [2.45, 2.75) is 24.8 Å². The summed E-state index contributed by atoms with van der Waals surface area (Å²) in [6, 6.07) is 8.66. The molecule has 1 atom stereocenters. The molecule has 1 amide bonds. The van der Waals surface area contributed by atoms with E-state index in [1.54, 1.807) is 6.92 Å². The van der Waals surface area contributed by atoms with Gasteiger partial charge in [0.25, 0.3) is 5.91 Å². The molecule has 164 valence electrons. The van der Waals surface area contributed by atoms with Crippen molar-refractivity contribution in [3.63, 3.8) is 0 Å². The molecule has 0 spiro atoms. The van der Waals surface area contributed by atoms with Crippen LogP contribution in [0.15, 0.2) is 46.7 Å². The van der Waals surface area contributed by atoms with Gasteiger partial charge < -0.3 is 14.6 Å². The topological polar surface area (TPSA) is 128 Å². The monoisotopic (exact) mass is 463 g/mol. The number of aryl methyl sites for hydroxylation is 1. The van der Waals surface area contributed by atoms with Gasteiger partial charge in [-0.3, -0.25) is 10.1 Å². The number of thiazole rings is 1. The Labute approximate surface area is 183 Å². The van der Waals surface area contributed by atoms with E-state index in [9.17, 15) is 18.3 Å². The summed E-state index contributed by atoms with van der Waals surface area (Å²) in [6.07, 6.45) is 0.567. The van der Waals surface area contributed by atoms with Crippen molar-refractivity contribution < 1.29 is 27.8 Å². The largest absolute Gasteiger partial charge is 0.472 e. The highest BCUT2D eigenvalue weighted by Gasteiger charge is 2.16. The van der Waals surface area contributed by atoms with Crippen LogP contribution in [-0.4, -0.2) is 48.4 Å². The van der Waals surface area contributed by atoms with Gasteiger partial charge in [0, 0.05) is 23.8 Å². The van der Waals surface area contributed by atoms with Gasteiger partial charge in [0.2, 0.25) is 11.8 Å². The van der Waals surface area contributed by atoms with Crippen molar-refractivity contribution in [1.82, 2.24) is 9.97 Å². The Morgan fingerprint density at radius 3 is 2.45 bits per heavy atom. The quantitative estimate of drug-likeness (QED) is 0.522. The summed E-state index contributed by atoms with van der Waals surface area (Å²) in [5, 5.41) is 14.2. The van der Waals surface area contributed by atoms with Crippen LogP contribution in [0, 0.1) is 6.92 Å². The second-order valence-corrected chi connectivity index (χ2v) is 9.61. The number of aliphatic hydroxyl groups is 1. The van der Waals surface area contributed by atoms with Crippen molar-refractivity contribution in [3.8, 4) is 17.5 Å². The van der Waals surface area contributed by atoms with E-state index in [-0.39, 0.29) is 28.8 Å². The Balaban J connectivity index is 1.88. The zero-order chi connectivity index (χ0) is 22.6. The van der Waals surface area contributed by atoms with E-state index in [4.69, 9.17) is 9.47 Å². The first-order valence-corrected chi connectivity index (χ1v) is 11.9. The second-order valence-electron chi connectivity index (χ2n) is 6.74. The molecule has 2 aromatic heterocycles. The van der Waals surface area contributed by atoms with Crippen LogP contribution in [-0.2, 0) is 9.84 Å². The van der Waals surface area contributed by atoms with E-state index >= 15 is 0 Å². The lowest BCUT2D eigenvalue weighted by Gasteiger charge is -2.14. The molecular formula is C20H21N3O6S2. The van der Waals surface area contributed by atoms with Gasteiger partial charge in [-0.25, -0.2) is 13.4 Å². The SMILES string of the molecule is Cc1csc(NC(=O)c2cc(Oc3ccc(S(C)(=O)=O)cc3)nc(O[C@H](C)CO)c2)n1. The van der Waals surface area contributed by atoms with Crippen molar-refractivity contribution in [1.29, 1.82) is 0 Å². The smallest absolute Gasteiger partial charge is 0.257 e. The lowest BCUT2D eigenvalue weighted by atomic mass is 10.2.